The smallest absolute Gasteiger partial charge is 0.416 e. The van der Waals surface area contributed by atoms with Crippen LogP contribution >= 0.6 is 23.2 Å². The summed E-state index contributed by atoms with van der Waals surface area (Å²) in [6, 6.07) is 8.54. The van der Waals surface area contributed by atoms with Gasteiger partial charge in [0, 0.05) is 53.8 Å². The highest BCUT2D eigenvalue weighted by molar-refractivity contribution is 6.35. The fourth-order valence-electron chi connectivity index (χ4n) is 4.36. The zero-order valence-electron chi connectivity index (χ0n) is 19.3. The van der Waals surface area contributed by atoms with Crippen LogP contribution < -0.4 is 20.7 Å². The van der Waals surface area contributed by atoms with Crippen LogP contribution in [0, 0.1) is 5.41 Å². The molecule has 0 aliphatic carbocycles. The first-order valence-electron chi connectivity index (χ1n) is 11.4. The van der Waals surface area contributed by atoms with Gasteiger partial charge in [0.05, 0.1) is 22.3 Å². The van der Waals surface area contributed by atoms with Gasteiger partial charge in [-0.2, -0.15) is 0 Å². The highest BCUT2D eigenvalue weighted by atomic mass is 35.5. The van der Waals surface area contributed by atoms with Crippen LogP contribution in [0.5, 0.6) is 5.75 Å². The molecule has 2 aliphatic rings. The Hall–Kier alpha value is -3.40. The summed E-state index contributed by atoms with van der Waals surface area (Å²) in [4.78, 5) is 22.5. The van der Waals surface area contributed by atoms with Gasteiger partial charge in [-0.15, -0.1) is 0 Å². The first-order valence-corrected chi connectivity index (χ1v) is 12.2. The Bertz CT molecular complexity index is 1290. The second-order valence-electron chi connectivity index (χ2n) is 8.79. The van der Waals surface area contributed by atoms with Gasteiger partial charge in [0.2, 0.25) is 0 Å². The molecule has 3 aromatic rings. The first-order chi connectivity index (χ1) is 17.3. The third kappa shape index (κ3) is 4.82. The van der Waals surface area contributed by atoms with Crippen molar-refractivity contribution < 1.29 is 14.3 Å². The summed E-state index contributed by atoms with van der Waals surface area (Å²) in [6.07, 6.45) is 5.71. The number of nitrogens with two attached hydrogens (primary N) is 1. The zero-order valence-corrected chi connectivity index (χ0v) is 20.8. The number of benzene rings is 1. The number of nitrogens with one attached hydrogen (secondary N) is 2. The number of carbonyl (C=O) groups excluding carboxylic acids is 1. The molecule has 1 amide bonds. The lowest BCUT2D eigenvalue weighted by Gasteiger charge is -2.31. The van der Waals surface area contributed by atoms with Crippen molar-refractivity contribution in [3.63, 3.8) is 0 Å². The van der Waals surface area contributed by atoms with E-state index in [1.165, 1.54) is 12.4 Å². The van der Waals surface area contributed by atoms with Crippen LogP contribution in [0.2, 0.25) is 10.0 Å². The summed E-state index contributed by atoms with van der Waals surface area (Å²) >= 11 is 12.3. The summed E-state index contributed by atoms with van der Waals surface area (Å²) in [5.74, 6) is 0.993. The van der Waals surface area contributed by atoms with E-state index in [2.05, 4.69) is 15.3 Å². The van der Waals surface area contributed by atoms with Crippen molar-refractivity contribution in [3.8, 4) is 5.75 Å². The Balaban J connectivity index is 1.31. The number of rotatable bonds is 6. The van der Waals surface area contributed by atoms with Crippen LogP contribution in [-0.2, 0) is 11.3 Å². The number of ether oxygens (including phenoxy) is 2. The molecule has 0 unspecified atom stereocenters. The lowest BCUT2D eigenvalue weighted by atomic mass is 9.92. The van der Waals surface area contributed by atoms with Crippen LogP contribution in [-0.4, -0.2) is 47.0 Å². The van der Waals surface area contributed by atoms with E-state index in [9.17, 15) is 4.79 Å². The van der Waals surface area contributed by atoms with Crippen LogP contribution in [0.15, 0.2) is 48.9 Å². The van der Waals surface area contributed by atoms with Crippen LogP contribution in [0.4, 0.5) is 16.3 Å². The predicted octanol–water partition coefficient (Wildman–Crippen LogP) is 4.44. The topological polar surface area (TPSA) is 126 Å². The van der Waals surface area contributed by atoms with Crippen molar-refractivity contribution in [2.45, 2.75) is 25.0 Å². The number of aromatic nitrogens is 2. The van der Waals surface area contributed by atoms with Gasteiger partial charge < -0.3 is 20.5 Å². The number of nitrogens with zero attached hydrogens (tertiary/aromatic N) is 3. The molecular weight excluding hydrogens is 503 g/mol. The van der Waals surface area contributed by atoms with E-state index in [0.717, 1.165) is 25.9 Å². The number of hydrogen-bond acceptors (Lipinski definition) is 8. The molecule has 0 saturated carbocycles. The number of nitrogen functional groups attached to an aromatic ring is 1. The molecule has 5 rings (SSSR count). The number of anilines is 2. The van der Waals surface area contributed by atoms with E-state index < -0.39 is 11.7 Å². The molecule has 9 nitrogen and oxygen atoms in total. The van der Waals surface area contributed by atoms with Crippen molar-refractivity contribution in [2.24, 2.45) is 0 Å². The number of piperidine rings is 1. The highest BCUT2D eigenvalue weighted by Crippen LogP contribution is 2.33. The van der Waals surface area contributed by atoms with E-state index in [0.29, 0.717) is 50.5 Å². The number of amides is 1. The number of carbonyl (C=O) groups is 1. The van der Waals surface area contributed by atoms with Crippen molar-refractivity contribution >= 4 is 46.5 Å². The normalized spacial score (nSPS) is 16.7. The van der Waals surface area contributed by atoms with Gasteiger partial charge in [-0.3, -0.25) is 15.3 Å². The molecule has 0 bridgehead atoms. The van der Waals surface area contributed by atoms with Gasteiger partial charge >= 0.3 is 6.09 Å². The number of pyridine rings is 2. The molecule has 0 radical (unpaired) electrons. The quantitative estimate of drug-likeness (QED) is 0.320. The van der Waals surface area contributed by atoms with E-state index in [4.69, 9.17) is 43.8 Å². The maximum atomic E-state index is 12.5. The molecule has 2 saturated heterocycles. The maximum absolute atomic E-state index is 12.5. The minimum Gasteiger partial charge on any atom is -0.489 e. The van der Waals surface area contributed by atoms with E-state index >= 15 is 0 Å². The summed E-state index contributed by atoms with van der Waals surface area (Å²) in [7, 11) is 0. The molecular formula is C25H24Cl2N6O3. The highest BCUT2D eigenvalue weighted by Gasteiger charge is 2.46. The Labute approximate surface area is 218 Å². The summed E-state index contributed by atoms with van der Waals surface area (Å²) in [5, 5.41) is 12.8. The largest absolute Gasteiger partial charge is 0.489 e. The van der Waals surface area contributed by atoms with Gasteiger partial charge in [0.15, 0.2) is 0 Å². The Morgan fingerprint density at radius 1 is 1.17 bits per heavy atom. The standard InChI is InChI=1S/C25H24Cl2N6O3/c26-19-11-31-12-20(27)18(19)13-35-16-2-3-21(28)17(9-16)23(29)15-1-4-22(32-10-15)33-14-25(36-24(33)34)5-7-30-8-6-25/h1-4,9-12,29-30H,5-8,13-14,28H2. The molecule has 11 heteroatoms. The Morgan fingerprint density at radius 3 is 2.61 bits per heavy atom. The number of hydrogen-bond donors (Lipinski definition) is 3. The molecule has 2 fully saturated rings. The van der Waals surface area contributed by atoms with E-state index in [1.807, 2.05) is 0 Å². The Morgan fingerprint density at radius 2 is 1.92 bits per heavy atom. The van der Waals surface area contributed by atoms with Gasteiger partial charge in [0.25, 0.3) is 0 Å². The van der Waals surface area contributed by atoms with E-state index in [1.54, 1.807) is 41.4 Å². The van der Waals surface area contributed by atoms with Crippen LogP contribution in [0.3, 0.4) is 0 Å². The first kappa shape index (κ1) is 24.3. The summed E-state index contributed by atoms with van der Waals surface area (Å²) < 4.78 is 11.6. The Kier molecular flexibility index (Phi) is 6.70. The third-order valence-corrected chi connectivity index (χ3v) is 7.08. The maximum Gasteiger partial charge on any atom is 0.416 e. The molecule has 2 aliphatic heterocycles. The average molecular weight is 527 g/mol. The van der Waals surface area contributed by atoms with Gasteiger partial charge in [-0.1, -0.05) is 23.2 Å². The monoisotopic (exact) mass is 526 g/mol. The van der Waals surface area contributed by atoms with Crippen molar-refractivity contribution in [1.82, 2.24) is 15.3 Å². The lowest BCUT2D eigenvalue weighted by Crippen LogP contribution is -2.44. The molecule has 4 N–H and O–H groups in total. The molecule has 4 heterocycles. The summed E-state index contributed by atoms with van der Waals surface area (Å²) in [6.45, 7) is 2.24. The second kappa shape index (κ2) is 9.93. The number of halogens is 2. The second-order valence-corrected chi connectivity index (χ2v) is 9.60. The molecule has 36 heavy (non-hydrogen) atoms. The van der Waals surface area contributed by atoms with Crippen molar-refractivity contribution in [3.05, 3.63) is 75.7 Å². The predicted molar refractivity (Wildman–Crippen MR) is 138 cm³/mol. The minimum absolute atomic E-state index is 0.136. The third-order valence-electron chi connectivity index (χ3n) is 6.43. The van der Waals surface area contributed by atoms with Crippen LogP contribution in [0.1, 0.15) is 29.5 Å². The molecule has 186 valence electrons. The minimum atomic E-state index is -0.463. The van der Waals surface area contributed by atoms with Gasteiger partial charge in [-0.25, -0.2) is 9.78 Å². The van der Waals surface area contributed by atoms with Crippen molar-refractivity contribution in [1.29, 1.82) is 5.41 Å². The lowest BCUT2D eigenvalue weighted by molar-refractivity contribution is 0.0316. The van der Waals surface area contributed by atoms with Crippen LogP contribution in [0.25, 0.3) is 0 Å². The molecule has 1 spiro atoms. The van der Waals surface area contributed by atoms with E-state index in [-0.39, 0.29) is 12.3 Å². The average Bonchev–Trinajstić information content (AvgIpc) is 3.19. The fraction of sp³-hybridized carbons (Fsp3) is 0.280. The molecule has 0 atom stereocenters. The zero-order chi connectivity index (χ0) is 25.3. The van der Waals surface area contributed by atoms with Gasteiger partial charge in [-0.05, 0) is 43.4 Å². The fourth-order valence-corrected chi connectivity index (χ4v) is 4.84. The SMILES string of the molecule is N=C(c1ccc(N2CC3(CCNCC3)OC2=O)nc1)c1cc(OCc2c(Cl)cncc2Cl)ccc1N. The summed E-state index contributed by atoms with van der Waals surface area (Å²) in [5.41, 5.74) is 7.96. The van der Waals surface area contributed by atoms with Gasteiger partial charge in [0.1, 0.15) is 23.8 Å². The molecule has 2 aromatic heterocycles. The van der Waals surface area contributed by atoms with Crippen molar-refractivity contribution in [2.75, 3.05) is 30.3 Å². The molecule has 1 aromatic carbocycles.